The summed E-state index contributed by atoms with van der Waals surface area (Å²) < 4.78 is 59.1. The molecule has 0 saturated carbocycles. The Morgan fingerprint density at radius 1 is 0.488 bits per heavy atom. The number of ether oxygens (including phenoxy) is 11. The Hall–Kier alpha value is -2.07. The zero-order valence-electron chi connectivity index (χ0n) is 24.4. The van der Waals surface area contributed by atoms with Crippen molar-refractivity contribution in [2.45, 2.75) is 6.92 Å². The molecule has 0 radical (unpaired) electrons. The molecular weight excluding hydrogens is 542 g/mol. The second-order valence-electron chi connectivity index (χ2n) is 8.24. The Labute approximate surface area is 243 Å². The SMILES string of the molecule is CC(=O)OCCOCCOCCOCCOCCOCCOCCOCCOCCOCCOc1ccccc1N. The highest BCUT2D eigenvalue weighted by Gasteiger charge is 1.99. The van der Waals surface area contributed by atoms with Gasteiger partial charge in [0.15, 0.2) is 0 Å². The molecule has 0 aliphatic heterocycles. The summed E-state index contributed by atoms with van der Waals surface area (Å²) in [6.07, 6.45) is 0. The number of hydrogen-bond donors (Lipinski definition) is 1. The Morgan fingerprint density at radius 2 is 0.780 bits per heavy atom. The number of anilines is 1. The number of nitrogen functional groups attached to an aromatic ring is 1. The van der Waals surface area contributed by atoms with Crippen molar-refractivity contribution in [2.24, 2.45) is 0 Å². The Kier molecular flexibility index (Phi) is 26.5. The third-order valence-electron chi connectivity index (χ3n) is 4.91. The third-order valence-corrected chi connectivity index (χ3v) is 4.91. The maximum Gasteiger partial charge on any atom is 0.302 e. The van der Waals surface area contributed by atoms with Crippen molar-refractivity contribution in [3.05, 3.63) is 24.3 Å². The molecule has 13 nitrogen and oxygen atoms in total. The first-order valence-corrected chi connectivity index (χ1v) is 14.0. The van der Waals surface area contributed by atoms with E-state index in [1.807, 2.05) is 18.2 Å². The van der Waals surface area contributed by atoms with Crippen molar-refractivity contribution in [1.29, 1.82) is 0 Å². The molecule has 0 fully saturated rings. The van der Waals surface area contributed by atoms with Gasteiger partial charge in [-0.25, -0.2) is 0 Å². The molecule has 0 amide bonds. The fraction of sp³-hybridized carbons (Fsp3) is 0.750. The van der Waals surface area contributed by atoms with Gasteiger partial charge < -0.3 is 57.8 Å². The molecule has 238 valence electrons. The Balaban J connectivity index is 1.64. The van der Waals surface area contributed by atoms with Crippen molar-refractivity contribution in [1.82, 2.24) is 0 Å². The summed E-state index contributed by atoms with van der Waals surface area (Å²) in [6.45, 7) is 10.7. The normalized spacial score (nSPS) is 11.1. The van der Waals surface area contributed by atoms with Gasteiger partial charge in [-0.2, -0.15) is 0 Å². The highest BCUT2D eigenvalue weighted by atomic mass is 16.6. The van der Waals surface area contributed by atoms with Gasteiger partial charge in [0.1, 0.15) is 19.0 Å². The van der Waals surface area contributed by atoms with Crippen molar-refractivity contribution in [3.8, 4) is 5.75 Å². The van der Waals surface area contributed by atoms with Crippen molar-refractivity contribution in [2.75, 3.05) is 138 Å². The zero-order valence-corrected chi connectivity index (χ0v) is 24.4. The van der Waals surface area contributed by atoms with Gasteiger partial charge in [-0.1, -0.05) is 12.1 Å². The molecule has 0 aromatic heterocycles. The molecule has 0 spiro atoms. The Morgan fingerprint density at radius 3 is 1.10 bits per heavy atom. The van der Waals surface area contributed by atoms with Crippen LogP contribution < -0.4 is 10.5 Å². The fourth-order valence-electron chi connectivity index (χ4n) is 2.93. The lowest BCUT2D eigenvalue weighted by atomic mass is 10.3. The van der Waals surface area contributed by atoms with Crippen molar-refractivity contribution >= 4 is 11.7 Å². The van der Waals surface area contributed by atoms with Gasteiger partial charge in [0.2, 0.25) is 0 Å². The molecule has 0 unspecified atom stereocenters. The first-order valence-electron chi connectivity index (χ1n) is 14.0. The maximum absolute atomic E-state index is 10.6. The van der Waals surface area contributed by atoms with E-state index < -0.39 is 0 Å². The topological polar surface area (TPSA) is 145 Å². The van der Waals surface area contributed by atoms with Gasteiger partial charge >= 0.3 is 5.97 Å². The van der Waals surface area contributed by atoms with E-state index in [4.69, 9.17) is 57.8 Å². The summed E-state index contributed by atoms with van der Waals surface area (Å²) in [5.74, 6) is 0.354. The minimum absolute atomic E-state index is 0.258. The average Bonchev–Trinajstić information content (AvgIpc) is 2.96. The van der Waals surface area contributed by atoms with E-state index >= 15 is 0 Å². The molecule has 41 heavy (non-hydrogen) atoms. The van der Waals surface area contributed by atoms with E-state index in [1.165, 1.54) is 6.92 Å². The van der Waals surface area contributed by atoms with Gasteiger partial charge in [0.05, 0.1) is 125 Å². The largest absolute Gasteiger partial charge is 0.489 e. The molecular formula is C28H49NO12. The fourth-order valence-corrected chi connectivity index (χ4v) is 2.93. The predicted molar refractivity (Wildman–Crippen MR) is 150 cm³/mol. The van der Waals surface area contributed by atoms with E-state index in [9.17, 15) is 4.79 Å². The van der Waals surface area contributed by atoms with Gasteiger partial charge in [0, 0.05) is 6.92 Å². The Bertz CT molecular complexity index is 712. The number of para-hydroxylation sites is 2. The second kappa shape index (κ2) is 29.4. The van der Waals surface area contributed by atoms with Crippen LogP contribution in [-0.4, -0.2) is 138 Å². The number of nitrogens with two attached hydrogens (primary N) is 1. The van der Waals surface area contributed by atoms with E-state index in [2.05, 4.69) is 0 Å². The van der Waals surface area contributed by atoms with Crippen molar-refractivity contribution < 1.29 is 56.9 Å². The lowest BCUT2D eigenvalue weighted by molar-refractivity contribution is -0.142. The number of benzene rings is 1. The quantitative estimate of drug-likeness (QED) is 0.0754. The van der Waals surface area contributed by atoms with E-state index in [1.54, 1.807) is 6.07 Å². The molecule has 0 heterocycles. The molecule has 0 atom stereocenters. The second-order valence-corrected chi connectivity index (χ2v) is 8.24. The minimum Gasteiger partial charge on any atom is -0.489 e. The highest BCUT2D eigenvalue weighted by molar-refractivity contribution is 5.65. The van der Waals surface area contributed by atoms with E-state index in [0.29, 0.717) is 137 Å². The molecule has 2 N–H and O–H groups in total. The number of carbonyl (C=O) groups excluding carboxylic acids is 1. The number of carbonyl (C=O) groups is 1. The van der Waals surface area contributed by atoms with Crippen LogP contribution in [0.15, 0.2) is 24.3 Å². The van der Waals surface area contributed by atoms with Crippen LogP contribution in [0.5, 0.6) is 5.75 Å². The van der Waals surface area contributed by atoms with Crippen LogP contribution in [0.1, 0.15) is 6.92 Å². The standard InChI is InChI=1S/C28H49NO12/c1-26(30)40-24-22-38-20-18-36-16-14-34-12-10-32-8-6-31-7-9-33-11-13-35-15-17-37-19-21-39-23-25-41-28-5-3-2-4-27(28)29/h2-5H,6-25,29H2,1H3. The third kappa shape index (κ3) is 26.6. The van der Waals surface area contributed by atoms with Crippen molar-refractivity contribution in [3.63, 3.8) is 0 Å². The summed E-state index contributed by atoms with van der Waals surface area (Å²) in [4.78, 5) is 10.6. The molecule has 0 aliphatic rings. The van der Waals surface area contributed by atoms with Crippen LogP contribution >= 0.6 is 0 Å². The lowest BCUT2D eigenvalue weighted by Gasteiger charge is -2.09. The molecule has 0 aliphatic carbocycles. The summed E-state index contributed by atoms with van der Waals surface area (Å²) >= 11 is 0. The average molecular weight is 592 g/mol. The number of hydrogen-bond acceptors (Lipinski definition) is 13. The van der Waals surface area contributed by atoms with Gasteiger partial charge in [-0.05, 0) is 12.1 Å². The molecule has 1 rings (SSSR count). The number of rotatable bonds is 31. The van der Waals surface area contributed by atoms with E-state index in [0.717, 1.165) is 0 Å². The van der Waals surface area contributed by atoms with Crippen LogP contribution in [0.4, 0.5) is 5.69 Å². The monoisotopic (exact) mass is 591 g/mol. The molecule has 0 saturated heterocycles. The van der Waals surface area contributed by atoms with Crippen LogP contribution in [0.2, 0.25) is 0 Å². The molecule has 1 aromatic rings. The van der Waals surface area contributed by atoms with E-state index in [-0.39, 0.29) is 12.6 Å². The molecule has 1 aromatic carbocycles. The van der Waals surface area contributed by atoms with Crippen LogP contribution in [0, 0.1) is 0 Å². The minimum atomic E-state index is -0.312. The predicted octanol–water partition coefficient (Wildman–Crippen LogP) is 1.36. The lowest BCUT2D eigenvalue weighted by Crippen LogP contribution is -2.15. The first-order chi connectivity index (χ1) is 20.2. The zero-order chi connectivity index (χ0) is 29.5. The van der Waals surface area contributed by atoms with Gasteiger partial charge in [-0.15, -0.1) is 0 Å². The van der Waals surface area contributed by atoms with Crippen LogP contribution in [0.25, 0.3) is 0 Å². The van der Waals surface area contributed by atoms with Crippen LogP contribution in [0.3, 0.4) is 0 Å². The van der Waals surface area contributed by atoms with Crippen LogP contribution in [-0.2, 0) is 52.2 Å². The number of esters is 1. The summed E-state index contributed by atoms with van der Waals surface area (Å²) in [7, 11) is 0. The summed E-state index contributed by atoms with van der Waals surface area (Å²) in [6, 6.07) is 7.37. The molecule has 0 bridgehead atoms. The maximum atomic E-state index is 10.6. The smallest absolute Gasteiger partial charge is 0.302 e. The molecule has 13 heteroatoms. The van der Waals surface area contributed by atoms with Gasteiger partial charge in [-0.3, -0.25) is 4.79 Å². The first kappa shape index (κ1) is 37.0. The summed E-state index contributed by atoms with van der Waals surface area (Å²) in [5.41, 5.74) is 6.42. The summed E-state index contributed by atoms with van der Waals surface area (Å²) in [5, 5.41) is 0. The van der Waals surface area contributed by atoms with Gasteiger partial charge in [0.25, 0.3) is 0 Å². The highest BCUT2D eigenvalue weighted by Crippen LogP contribution is 2.19.